The Morgan fingerprint density at radius 1 is 0.320 bits per heavy atom. The summed E-state index contributed by atoms with van der Waals surface area (Å²) in [5, 5.41) is 0. The van der Waals surface area contributed by atoms with E-state index in [1.165, 1.54) is 167 Å². The molecule has 0 amide bonds. The average molecular weight is 1400 g/mol. The predicted molar refractivity (Wildman–Crippen MR) is 425 cm³/mol. The van der Waals surface area contributed by atoms with E-state index < -0.39 is 0 Å². The minimum atomic E-state index is -0.359. The van der Waals surface area contributed by atoms with Crippen LogP contribution in [-0.2, 0) is 18.9 Å². The molecule has 1 aliphatic carbocycles. The summed E-state index contributed by atoms with van der Waals surface area (Å²) >= 11 is 0. The molecule has 0 radical (unpaired) electrons. The van der Waals surface area contributed by atoms with Crippen molar-refractivity contribution in [2.24, 2.45) is 0 Å². The minimum absolute atomic E-state index is 0.302. The van der Waals surface area contributed by atoms with Crippen molar-refractivity contribution in [3.8, 4) is 81.9 Å². The lowest BCUT2D eigenvalue weighted by Gasteiger charge is -2.26. The summed E-state index contributed by atoms with van der Waals surface area (Å²) in [6.45, 7) is 16.8. The fourth-order valence-electron chi connectivity index (χ4n) is 12.1. The molecule has 5 aromatic rings. The van der Waals surface area contributed by atoms with Crippen LogP contribution >= 0.6 is 0 Å². The Kier molecular flexibility index (Phi) is 46.6. The van der Waals surface area contributed by atoms with E-state index in [-0.39, 0.29) is 12.2 Å². The molecule has 2 aliphatic rings. The highest BCUT2D eigenvalue weighted by molar-refractivity contribution is 5.62. The molecule has 0 N–H and O–H groups in total. The third kappa shape index (κ3) is 37.6. The Bertz CT molecular complexity index is 3360. The number of ether oxygens (including phenoxy) is 10. The standard InChI is InChI=1S/C56H74O8.C37H52O2/c1-3-5-7-9-11-13-15-22-34-59-54-46-50(55(60-35-23-16-14-12-10-8-6-4-2)45-49(54)31-28-47-24-18-17-19-25-47)32-29-48-30-33-53-56(44-48)64-43-39-58-37-41-62-52-27-21-20-26-51(52)61-40-36-57-38-42-63-53;1-4-7-9-11-13-15-17-22-29-38-36-32-35(28-27-33-25-20-19-21-26-33)37(31-34(36)24-6-3)39-30-23-18-16-14-12-10-8-5-2/h17-21,24-27,30,33,44-46,53,56H,3-16,22-23,34-43H2,1-2H3;19-21,25-26,31-32H,4-5,7-18,22-23,29-30H2,1-3H3. The van der Waals surface area contributed by atoms with E-state index in [1.807, 2.05) is 134 Å². The molecule has 0 fully saturated rings. The maximum absolute atomic E-state index is 6.55. The number of fused-ring (bicyclic) bond motifs is 2. The zero-order chi connectivity index (χ0) is 72.4. The van der Waals surface area contributed by atoms with Crippen LogP contribution in [0.3, 0.4) is 0 Å². The number of rotatable bonds is 40. The van der Waals surface area contributed by atoms with Gasteiger partial charge in [-0.3, -0.25) is 0 Å². The van der Waals surface area contributed by atoms with E-state index in [0.717, 1.165) is 100 Å². The third-order valence-electron chi connectivity index (χ3n) is 18.0. The van der Waals surface area contributed by atoms with Crippen LogP contribution in [0.5, 0.6) is 34.5 Å². The second kappa shape index (κ2) is 56.9. The Labute approximate surface area is 623 Å². The number of hydrogen-bond acceptors (Lipinski definition) is 10. The van der Waals surface area contributed by atoms with Gasteiger partial charge in [-0.1, -0.05) is 304 Å². The Hall–Kier alpha value is -7.54. The first kappa shape index (κ1) is 84.4. The molecule has 7 rings (SSSR count). The Morgan fingerprint density at radius 2 is 0.631 bits per heavy atom. The average Bonchev–Trinajstić information content (AvgIpc) is 0.832. The lowest BCUT2D eigenvalue weighted by Crippen LogP contribution is -2.32. The highest BCUT2D eigenvalue weighted by Crippen LogP contribution is 2.32. The molecular weight excluding hydrogens is 1280 g/mol. The van der Waals surface area contributed by atoms with Gasteiger partial charge in [-0.25, -0.2) is 0 Å². The molecule has 0 saturated heterocycles. The molecule has 1 heterocycles. The molecule has 0 saturated carbocycles. The van der Waals surface area contributed by atoms with Gasteiger partial charge in [0.15, 0.2) is 11.5 Å². The number of hydrogen-bond donors (Lipinski definition) is 0. The van der Waals surface area contributed by atoms with Gasteiger partial charge < -0.3 is 47.4 Å². The molecule has 103 heavy (non-hydrogen) atoms. The topological polar surface area (TPSA) is 92.3 Å². The summed E-state index contributed by atoms with van der Waals surface area (Å²) in [4.78, 5) is 0. The number of allylic oxidation sites excluding steroid dienone is 2. The molecule has 5 aromatic carbocycles. The minimum Gasteiger partial charge on any atom is -0.492 e. The molecule has 1 aliphatic heterocycles. The van der Waals surface area contributed by atoms with Crippen molar-refractivity contribution in [3.63, 3.8) is 0 Å². The smallest absolute Gasteiger partial charge is 0.161 e. The zero-order valence-corrected chi connectivity index (χ0v) is 64.0. The van der Waals surface area contributed by atoms with Crippen molar-refractivity contribution in [2.75, 3.05) is 79.3 Å². The van der Waals surface area contributed by atoms with Crippen molar-refractivity contribution >= 4 is 0 Å². The van der Waals surface area contributed by atoms with Gasteiger partial charge >= 0.3 is 0 Å². The molecule has 2 atom stereocenters. The summed E-state index contributed by atoms with van der Waals surface area (Å²) in [5.74, 6) is 31.0. The van der Waals surface area contributed by atoms with Gasteiger partial charge in [-0.05, 0) is 81.2 Å². The molecule has 0 aromatic heterocycles. The maximum Gasteiger partial charge on any atom is 0.161 e. The van der Waals surface area contributed by atoms with Gasteiger partial charge in [0.1, 0.15) is 48.4 Å². The van der Waals surface area contributed by atoms with Crippen molar-refractivity contribution in [1.29, 1.82) is 0 Å². The normalized spacial score (nSPS) is 14.5. The second-order valence-electron chi connectivity index (χ2n) is 26.9. The van der Waals surface area contributed by atoms with Gasteiger partial charge in [-0.2, -0.15) is 0 Å². The lowest BCUT2D eigenvalue weighted by atomic mass is 10.0. The number of unbranched alkanes of at least 4 members (excludes halogenated alkanes) is 28. The monoisotopic (exact) mass is 1400 g/mol. The molecular formula is C93H126O10. The van der Waals surface area contributed by atoms with Crippen LogP contribution in [-0.4, -0.2) is 91.5 Å². The molecule has 2 unspecified atom stereocenters. The third-order valence-corrected chi connectivity index (χ3v) is 18.0. The van der Waals surface area contributed by atoms with Gasteiger partial charge in [0.05, 0.1) is 88.3 Å². The van der Waals surface area contributed by atoms with E-state index in [9.17, 15) is 0 Å². The van der Waals surface area contributed by atoms with E-state index >= 15 is 0 Å². The van der Waals surface area contributed by atoms with Crippen LogP contribution < -0.4 is 28.4 Å². The highest BCUT2D eigenvalue weighted by atomic mass is 16.6. The van der Waals surface area contributed by atoms with Gasteiger partial charge in [0.25, 0.3) is 0 Å². The Balaban J connectivity index is 0.000000365. The fraction of sp³-hybridized carbons (Fsp3) is 0.548. The molecule has 558 valence electrons. The summed E-state index contributed by atoms with van der Waals surface area (Å²) in [5.41, 5.74) is 6.10. The number of benzene rings is 5. The first-order chi connectivity index (χ1) is 51.0. The number of para-hydroxylation sites is 2. The largest absolute Gasteiger partial charge is 0.492 e. The van der Waals surface area contributed by atoms with Crippen molar-refractivity contribution in [2.45, 2.75) is 252 Å². The van der Waals surface area contributed by atoms with E-state index in [1.54, 1.807) is 0 Å². The molecule has 10 heteroatoms. The van der Waals surface area contributed by atoms with E-state index in [2.05, 4.69) is 75.1 Å². The van der Waals surface area contributed by atoms with E-state index in [4.69, 9.17) is 47.4 Å². The van der Waals surface area contributed by atoms with Crippen LogP contribution in [0.15, 0.2) is 133 Å². The fourth-order valence-corrected chi connectivity index (χ4v) is 12.1. The first-order valence-electron chi connectivity index (χ1n) is 40.1. The van der Waals surface area contributed by atoms with Gasteiger partial charge in [-0.15, -0.1) is 5.92 Å². The predicted octanol–water partition coefficient (Wildman–Crippen LogP) is 22.7. The van der Waals surface area contributed by atoms with Crippen molar-refractivity contribution in [1.82, 2.24) is 0 Å². The van der Waals surface area contributed by atoms with Crippen LogP contribution in [0.4, 0.5) is 0 Å². The van der Waals surface area contributed by atoms with Crippen LogP contribution in [0, 0.1) is 47.4 Å². The summed E-state index contributed by atoms with van der Waals surface area (Å²) < 4.78 is 61.8. The molecule has 0 spiro atoms. The highest BCUT2D eigenvalue weighted by Gasteiger charge is 2.23. The van der Waals surface area contributed by atoms with Gasteiger partial charge in [0, 0.05) is 41.0 Å². The quantitative estimate of drug-likeness (QED) is 0.0279. The van der Waals surface area contributed by atoms with Crippen LogP contribution in [0.2, 0.25) is 0 Å². The molecule has 0 bridgehead atoms. The van der Waals surface area contributed by atoms with Crippen molar-refractivity contribution in [3.05, 3.63) is 166 Å². The van der Waals surface area contributed by atoms with Crippen molar-refractivity contribution < 1.29 is 47.4 Å². The molecule has 10 nitrogen and oxygen atoms in total. The Morgan fingerprint density at radius 3 is 0.990 bits per heavy atom. The summed E-state index contributed by atoms with van der Waals surface area (Å²) in [6, 6.07) is 35.9. The lowest BCUT2D eigenvalue weighted by molar-refractivity contribution is -0.0609. The zero-order valence-electron chi connectivity index (χ0n) is 64.0. The maximum atomic E-state index is 6.55. The summed E-state index contributed by atoms with van der Waals surface area (Å²) in [7, 11) is 0. The SMILES string of the molecule is CC#Cc1cc(OCCCCCCCCCC)c(C#Cc2ccccc2)cc1OCCCCCCCCCC.CCCCCCCCCCOc1cc(C#Cc2ccccc2)c(OCCCCCCCCCC)cc1C#CC1=CC2OCCOCCOc3ccccc3OCCOCCOC2C=C1. The van der Waals surface area contributed by atoms with Crippen LogP contribution in [0.1, 0.15) is 273 Å². The van der Waals surface area contributed by atoms with Crippen LogP contribution in [0.25, 0.3) is 0 Å². The van der Waals surface area contributed by atoms with Gasteiger partial charge in [0.2, 0.25) is 0 Å². The second-order valence-corrected chi connectivity index (χ2v) is 26.9. The van der Waals surface area contributed by atoms with E-state index in [0.29, 0.717) is 90.8 Å². The first-order valence-corrected chi connectivity index (χ1v) is 40.1. The summed E-state index contributed by atoms with van der Waals surface area (Å²) in [6.07, 6.45) is 45.7.